The van der Waals surface area contributed by atoms with Gasteiger partial charge in [-0.2, -0.15) is 10.2 Å². The third-order valence-corrected chi connectivity index (χ3v) is 8.98. The topological polar surface area (TPSA) is 125 Å². The molecule has 0 saturated heterocycles. The van der Waals surface area contributed by atoms with Gasteiger partial charge in [0.05, 0.1) is 6.20 Å². The highest BCUT2D eigenvalue weighted by Crippen LogP contribution is 2.60. The summed E-state index contributed by atoms with van der Waals surface area (Å²) in [6.07, 6.45) is 12.6. The molecule has 0 aromatic carbocycles. The largest absolute Gasteiger partial charge is 0.444 e. The van der Waals surface area contributed by atoms with Crippen molar-refractivity contribution in [3.8, 4) is 6.07 Å². The smallest absolute Gasteiger partial charge is 0.407 e. The molecule has 202 valence electrons. The Morgan fingerprint density at radius 3 is 2.66 bits per heavy atom. The van der Waals surface area contributed by atoms with Crippen LogP contribution in [-0.2, 0) is 11.3 Å². The third-order valence-electron chi connectivity index (χ3n) is 8.14. The summed E-state index contributed by atoms with van der Waals surface area (Å²) in [5, 5.41) is 19.7. The predicted molar refractivity (Wildman–Crippen MR) is 148 cm³/mol. The molecule has 4 aliphatic rings. The molecule has 1 amide bonds. The standard InChI is InChI=1S/C28H37N7O2S/c1-27(2,3)37-26(36)34-23-18-7-17-8-19(23)11-28(9-17,10-18)16-33-24-20(12-29)14-31-25(35-24)32-15-21-13-30-6-5-22(21)38-4/h5-6,13-14,17-19,23H,7-11,15-16H2,1-4H3,(H,34,36)(H2,31,32,33,35)/t17?,18-,19+,23?,28?. The quantitative estimate of drug-likeness (QED) is 0.391. The summed E-state index contributed by atoms with van der Waals surface area (Å²) >= 11 is 1.67. The summed E-state index contributed by atoms with van der Waals surface area (Å²) in [7, 11) is 0. The van der Waals surface area contributed by atoms with Crippen LogP contribution in [0.2, 0.25) is 0 Å². The van der Waals surface area contributed by atoms with E-state index in [0.29, 0.717) is 41.6 Å². The van der Waals surface area contributed by atoms with Gasteiger partial charge in [0.1, 0.15) is 23.1 Å². The van der Waals surface area contributed by atoms with Crippen LogP contribution in [0, 0.1) is 34.5 Å². The first kappa shape index (κ1) is 26.5. The van der Waals surface area contributed by atoms with Gasteiger partial charge >= 0.3 is 6.09 Å². The molecule has 0 spiro atoms. The minimum absolute atomic E-state index is 0.150. The van der Waals surface area contributed by atoms with Crippen LogP contribution in [-0.4, -0.2) is 45.5 Å². The van der Waals surface area contributed by atoms with Gasteiger partial charge in [-0.1, -0.05) is 0 Å². The average Bonchev–Trinajstić information content (AvgIpc) is 2.87. The lowest BCUT2D eigenvalue weighted by Gasteiger charge is -2.60. The molecule has 4 saturated carbocycles. The number of carbonyl (C=O) groups is 1. The van der Waals surface area contributed by atoms with Crippen molar-refractivity contribution in [2.45, 2.75) is 76.0 Å². The number of nitrogens with one attached hydrogen (secondary N) is 3. The molecule has 5 atom stereocenters. The van der Waals surface area contributed by atoms with Crippen molar-refractivity contribution in [2.75, 3.05) is 23.4 Å². The molecule has 38 heavy (non-hydrogen) atoms. The molecule has 10 heteroatoms. The number of nitrogens with zero attached hydrogens (tertiary/aromatic N) is 4. The molecule has 9 nitrogen and oxygen atoms in total. The number of ether oxygens (including phenoxy) is 1. The number of aromatic nitrogens is 3. The van der Waals surface area contributed by atoms with E-state index in [0.717, 1.165) is 42.7 Å². The number of anilines is 2. The summed E-state index contributed by atoms with van der Waals surface area (Å²) < 4.78 is 5.55. The second kappa shape index (κ2) is 10.6. The Labute approximate surface area is 229 Å². The maximum Gasteiger partial charge on any atom is 0.407 e. The van der Waals surface area contributed by atoms with E-state index in [1.54, 1.807) is 24.2 Å². The normalized spacial score (nSPS) is 27.4. The van der Waals surface area contributed by atoms with Crippen molar-refractivity contribution in [2.24, 2.45) is 23.2 Å². The first-order chi connectivity index (χ1) is 18.2. The van der Waals surface area contributed by atoms with E-state index in [1.165, 1.54) is 6.42 Å². The molecular formula is C28H37N7O2S. The lowest BCUT2D eigenvalue weighted by Crippen LogP contribution is -2.60. The van der Waals surface area contributed by atoms with Gasteiger partial charge in [0.25, 0.3) is 0 Å². The monoisotopic (exact) mass is 535 g/mol. The highest BCUT2D eigenvalue weighted by Gasteiger charge is 2.55. The summed E-state index contributed by atoms with van der Waals surface area (Å²) in [5.41, 5.74) is 1.17. The maximum atomic E-state index is 12.5. The Hall–Kier alpha value is -3.06. The van der Waals surface area contributed by atoms with Crippen molar-refractivity contribution in [1.29, 1.82) is 5.26 Å². The van der Waals surface area contributed by atoms with E-state index in [9.17, 15) is 10.1 Å². The number of hydrogen-bond donors (Lipinski definition) is 3. The van der Waals surface area contributed by atoms with E-state index < -0.39 is 5.60 Å². The second-order valence-electron chi connectivity index (χ2n) is 12.1. The fraction of sp³-hybridized carbons (Fsp3) is 0.607. The van der Waals surface area contributed by atoms with Crippen LogP contribution in [0.25, 0.3) is 0 Å². The third kappa shape index (κ3) is 5.83. The lowest BCUT2D eigenvalue weighted by atomic mass is 9.48. The zero-order valence-electron chi connectivity index (χ0n) is 22.6. The Bertz CT molecular complexity index is 1210. The number of thioether (sulfide) groups is 1. The molecule has 2 aromatic heterocycles. The highest BCUT2D eigenvalue weighted by molar-refractivity contribution is 7.98. The van der Waals surface area contributed by atoms with Crippen LogP contribution in [0.1, 0.15) is 64.0 Å². The summed E-state index contributed by atoms with van der Waals surface area (Å²) in [6, 6.07) is 4.40. The molecule has 0 radical (unpaired) electrons. The molecule has 3 N–H and O–H groups in total. The molecule has 2 aromatic rings. The second-order valence-corrected chi connectivity index (χ2v) is 13.0. The van der Waals surface area contributed by atoms with Crippen LogP contribution < -0.4 is 16.0 Å². The number of carbonyl (C=O) groups excluding carboxylic acids is 1. The molecule has 3 unspecified atom stereocenters. The molecule has 4 aliphatic carbocycles. The Balaban J connectivity index is 1.24. The van der Waals surface area contributed by atoms with Crippen molar-refractivity contribution < 1.29 is 9.53 Å². The zero-order valence-corrected chi connectivity index (χ0v) is 23.4. The van der Waals surface area contributed by atoms with Crippen molar-refractivity contribution in [1.82, 2.24) is 20.3 Å². The minimum Gasteiger partial charge on any atom is -0.444 e. The van der Waals surface area contributed by atoms with Gasteiger partial charge in [-0.15, -0.1) is 11.8 Å². The average molecular weight is 536 g/mol. The number of nitriles is 1. The number of amides is 1. The van der Waals surface area contributed by atoms with Gasteiger partial charge in [0.15, 0.2) is 0 Å². The number of alkyl carbamates (subject to hydrolysis) is 1. The number of pyridine rings is 1. The zero-order chi connectivity index (χ0) is 26.9. The molecule has 6 rings (SSSR count). The summed E-state index contributed by atoms with van der Waals surface area (Å²) in [6.45, 7) is 7.01. The minimum atomic E-state index is -0.500. The predicted octanol–water partition coefficient (Wildman–Crippen LogP) is 5.21. The van der Waals surface area contributed by atoms with E-state index in [2.05, 4.69) is 37.0 Å². The maximum absolute atomic E-state index is 12.5. The molecule has 0 aliphatic heterocycles. The van der Waals surface area contributed by atoms with Gasteiger partial charge in [-0.3, -0.25) is 4.98 Å². The highest BCUT2D eigenvalue weighted by atomic mass is 32.2. The van der Waals surface area contributed by atoms with Gasteiger partial charge in [-0.25, -0.2) is 9.78 Å². The van der Waals surface area contributed by atoms with Crippen molar-refractivity contribution in [3.63, 3.8) is 0 Å². The van der Waals surface area contributed by atoms with Crippen LogP contribution in [0.5, 0.6) is 0 Å². The van der Waals surface area contributed by atoms with E-state index in [4.69, 9.17) is 4.74 Å². The Morgan fingerprint density at radius 2 is 1.97 bits per heavy atom. The first-order valence-electron chi connectivity index (χ1n) is 13.4. The molecule has 2 heterocycles. The van der Waals surface area contributed by atoms with Crippen LogP contribution in [0.4, 0.5) is 16.6 Å². The Kier molecular flexibility index (Phi) is 7.40. The molecular weight excluding hydrogens is 498 g/mol. The molecule has 4 fully saturated rings. The van der Waals surface area contributed by atoms with Crippen LogP contribution in [0.3, 0.4) is 0 Å². The lowest BCUT2D eigenvalue weighted by molar-refractivity contribution is -0.0703. The van der Waals surface area contributed by atoms with Crippen LogP contribution >= 0.6 is 11.8 Å². The van der Waals surface area contributed by atoms with Gasteiger partial charge in [0.2, 0.25) is 5.95 Å². The molecule has 4 bridgehead atoms. The summed E-state index contributed by atoms with van der Waals surface area (Å²) in [5.74, 6) is 2.65. The van der Waals surface area contributed by atoms with Crippen molar-refractivity contribution >= 4 is 29.6 Å². The SMILES string of the molecule is CSc1ccncc1CNc1ncc(C#N)c(NCC23CC4C[C@H](C2)C(NC(=O)OC(C)(C)C)[C@@H](C4)C3)n1. The van der Waals surface area contributed by atoms with E-state index in [1.807, 2.05) is 39.3 Å². The fourth-order valence-electron chi connectivity index (χ4n) is 6.96. The fourth-order valence-corrected chi connectivity index (χ4v) is 7.55. The van der Waals surface area contributed by atoms with Gasteiger partial charge in [-0.05, 0) is 88.4 Å². The van der Waals surface area contributed by atoms with E-state index in [-0.39, 0.29) is 17.6 Å². The first-order valence-corrected chi connectivity index (χ1v) is 14.6. The van der Waals surface area contributed by atoms with E-state index >= 15 is 0 Å². The van der Waals surface area contributed by atoms with Gasteiger partial charge in [0, 0.05) is 42.0 Å². The van der Waals surface area contributed by atoms with Crippen LogP contribution in [0.15, 0.2) is 29.6 Å². The summed E-state index contributed by atoms with van der Waals surface area (Å²) in [4.78, 5) is 26.9. The van der Waals surface area contributed by atoms with Crippen molar-refractivity contribution in [3.05, 3.63) is 35.8 Å². The number of rotatable bonds is 8. The number of hydrogen-bond acceptors (Lipinski definition) is 9. The van der Waals surface area contributed by atoms with Gasteiger partial charge < -0.3 is 20.7 Å². The Morgan fingerprint density at radius 1 is 1.21 bits per heavy atom.